The fraction of sp³-hybridized carbons (Fsp3) is 0.231. The molecule has 0 spiro atoms. The molecule has 0 saturated heterocycles. The van der Waals surface area contributed by atoms with Crippen LogP contribution in [0.5, 0.6) is 0 Å². The van der Waals surface area contributed by atoms with Gasteiger partial charge in [0.05, 0.1) is 17.8 Å². The number of anilines is 1. The molecule has 0 aliphatic heterocycles. The van der Waals surface area contributed by atoms with Crippen molar-refractivity contribution in [3.05, 3.63) is 48.3 Å². The maximum atomic E-state index is 12.1. The van der Waals surface area contributed by atoms with Gasteiger partial charge in [0.2, 0.25) is 5.91 Å². The highest BCUT2D eigenvalue weighted by Gasteiger charge is 2.19. The van der Waals surface area contributed by atoms with E-state index in [9.17, 15) is 4.79 Å². The van der Waals surface area contributed by atoms with E-state index >= 15 is 0 Å². The number of nitrogens with one attached hydrogen (secondary N) is 1. The van der Waals surface area contributed by atoms with Gasteiger partial charge in [-0.05, 0) is 5.56 Å². The van der Waals surface area contributed by atoms with Crippen molar-refractivity contribution in [2.45, 2.75) is 5.92 Å². The van der Waals surface area contributed by atoms with Gasteiger partial charge >= 0.3 is 0 Å². The standard InChI is InChI=1S/C13H16N4O/c1-17-9-11(8-15-17)16-13(18)12(7-14)10-5-3-2-4-6-10/h2-6,8-9,12H,7,14H2,1H3,(H,16,18). The van der Waals surface area contributed by atoms with Crippen molar-refractivity contribution in [2.75, 3.05) is 11.9 Å². The Kier molecular flexibility index (Phi) is 3.74. The van der Waals surface area contributed by atoms with E-state index in [0.717, 1.165) is 5.56 Å². The minimum Gasteiger partial charge on any atom is -0.329 e. The van der Waals surface area contributed by atoms with Crippen LogP contribution in [-0.2, 0) is 11.8 Å². The molecule has 2 rings (SSSR count). The SMILES string of the molecule is Cn1cc(NC(=O)C(CN)c2ccccc2)cn1. The topological polar surface area (TPSA) is 72.9 Å². The molecule has 1 amide bonds. The van der Waals surface area contributed by atoms with Crippen molar-refractivity contribution in [3.8, 4) is 0 Å². The van der Waals surface area contributed by atoms with Gasteiger partial charge in [-0.2, -0.15) is 5.10 Å². The van der Waals surface area contributed by atoms with Crippen molar-refractivity contribution < 1.29 is 4.79 Å². The first-order valence-corrected chi connectivity index (χ1v) is 5.75. The van der Waals surface area contributed by atoms with Crippen LogP contribution in [0, 0.1) is 0 Å². The zero-order chi connectivity index (χ0) is 13.0. The Morgan fingerprint density at radius 2 is 2.17 bits per heavy atom. The number of nitrogens with two attached hydrogens (primary N) is 1. The van der Waals surface area contributed by atoms with Gasteiger partial charge in [0.15, 0.2) is 0 Å². The summed E-state index contributed by atoms with van der Waals surface area (Å²) in [6, 6.07) is 9.52. The maximum absolute atomic E-state index is 12.1. The average Bonchev–Trinajstić information content (AvgIpc) is 2.77. The van der Waals surface area contributed by atoms with Gasteiger partial charge in [-0.25, -0.2) is 0 Å². The number of carbonyl (C=O) groups excluding carboxylic acids is 1. The Bertz CT molecular complexity index is 521. The number of benzene rings is 1. The Morgan fingerprint density at radius 1 is 1.44 bits per heavy atom. The summed E-state index contributed by atoms with van der Waals surface area (Å²) in [6.45, 7) is 0.274. The molecule has 2 aromatic rings. The lowest BCUT2D eigenvalue weighted by Gasteiger charge is -2.14. The van der Waals surface area contributed by atoms with Crippen LogP contribution in [0.3, 0.4) is 0 Å². The zero-order valence-corrected chi connectivity index (χ0v) is 10.2. The molecule has 0 fully saturated rings. The van der Waals surface area contributed by atoms with E-state index in [2.05, 4.69) is 10.4 Å². The van der Waals surface area contributed by atoms with Crippen LogP contribution in [-0.4, -0.2) is 22.2 Å². The summed E-state index contributed by atoms with van der Waals surface area (Å²) in [5.74, 6) is -0.455. The molecule has 3 N–H and O–H groups in total. The van der Waals surface area contributed by atoms with Crippen LogP contribution in [0.25, 0.3) is 0 Å². The second kappa shape index (κ2) is 5.46. The molecule has 94 valence electrons. The lowest BCUT2D eigenvalue weighted by atomic mass is 9.98. The summed E-state index contributed by atoms with van der Waals surface area (Å²) < 4.78 is 1.63. The van der Waals surface area contributed by atoms with Gasteiger partial charge in [0.25, 0.3) is 0 Å². The lowest BCUT2D eigenvalue weighted by Crippen LogP contribution is -2.27. The number of rotatable bonds is 4. The van der Waals surface area contributed by atoms with Gasteiger partial charge in [-0.3, -0.25) is 9.48 Å². The third kappa shape index (κ3) is 2.75. The number of aromatic nitrogens is 2. The van der Waals surface area contributed by atoms with Crippen molar-refractivity contribution >= 4 is 11.6 Å². The molecule has 0 aliphatic carbocycles. The van der Waals surface area contributed by atoms with Crippen LogP contribution in [0.1, 0.15) is 11.5 Å². The highest BCUT2D eigenvalue weighted by molar-refractivity contribution is 5.95. The number of hydrogen-bond acceptors (Lipinski definition) is 3. The predicted molar refractivity (Wildman–Crippen MR) is 70.1 cm³/mol. The third-order valence-electron chi connectivity index (χ3n) is 2.73. The summed E-state index contributed by atoms with van der Waals surface area (Å²) in [5, 5.41) is 6.81. The Morgan fingerprint density at radius 3 is 2.72 bits per heavy atom. The van der Waals surface area contributed by atoms with Crippen molar-refractivity contribution in [1.29, 1.82) is 0 Å². The molecule has 1 aromatic heterocycles. The van der Waals surface area contributed by atoms with E-state index in [-0.39, 0.29) is 18.4 Å². The Hall–Kier alpha value is -2.14. The third-order valence-corrected chi connectivity index (χ3v) is 2.73. The van der Waals surface area contributed by atoms with Gasteiger partial charge in [-0.15, -0.1) is 0 Å². The van der Waals surface area contributed by atoms with E-state index in [4.69, 9.17) is 5.73 Å². The summed E-state index contributed by atoms with van der Waals surface area (Å²) >= 11 is 0. The molecule has 0 bridgehead atoms. The molecule has 0 saturated carbocycles. The zero-order valence-electron chi connectivity index (χ0n) is 10.2. The van der Waals surface area contributed by atoms with Crippen LogP contribution < -0.4 is 11.1 Å². The monoisotopic (exact) mass is 244 g/mol. The summed E-state index contributed by atoms with van der Waals surface area (Å²) in [6.07, 6.45) is 3.35. The van der Waals surface area contributed by atoms with Gasteiger partial charge < -0.3 is 11.1 Å². The van der Waals surface area contributed by atoms with Gasteiger partial charge in [-0.1, -0.05) is 30.3 Å². The molecular formula is C13H16N4O. The van der Waals surface area contributed by atoms with E-state index in [1.54, 1.807) is 24.1 Å². The quantitative estimate of drug-likeness (QED) is 0.846. The number of hydrogen-bond donors (Lipinski definition) is 2. The molecule has 5 heteroatoms. The Balaban J connectivity index is 2.11. The molecule has 1 unspecified atom stereocenters. The van der Waals surface area contributed by atoms with Crippen LogP contribution >= 0.6 is 0 Å². The molecule has 1 aromatic carbocycles. The highest BCUT2D eigenvalue weighted by Crippen LogP contribution is 2.16. The van der Waals surface area contributed by atoms with Crippen molar-refractivity contribution in [1.82, 2.24) is 9.78 Å². The van der Waals surface area contributed by atoms with E-state index in [1.165, 1.54) is 0 Å². The van der Waals surface area contributed by atoms with Gasteiger partial charge in [0, 0.05) is 19.8 Å². The van der Waals surface area contributed by atoms with Crippen molar-refractivity contribution in [3.63, 3.8) is 0 Å². The van der Waals surface area contributed by atoms with E-state index in [0.29, 0.717) is 5.69 Å². The maximum Gasteiger partial charge on any atom is 0.233 e. The normalized spacial score (nSPS) is 12.1. The van der Waals surface area contributed by atoms with Gasteiger partial charge in [0.1, 0.15) is 0 Å². The Labute approximate surface area is 106 Å². The van der Waals surface area contributed by atoms with E-state index in [1.807, 2.05) is 30.3 Å². The minimum absolute atomic E-state index is 0.114. The second-order valence-electron chi connectivity index (χ2n) is 4.09. The largest absolute Gasteiger partial charge is 0.329 e. The highest BCUT2D eigenvalue weighted by atomic mass is 16.1. The number of nitrogens with zero attached hydrogens (tertiary/aromatic N) is 2. The predicted octanol–water partition coefficient (Wildman–Crippen LogP) is 1.10. The molecule has 18 heavy (non-hydrogen) atoms. The number of aryl methyl sites for hydroxylation is 1. The molecule has 0 aliphatic rings. The van der Waals surface area contributed by atoms with Crippen LogP contribution in [0.15, 0.2) is 42.7 Å². The molecule has 5 nitrogen and oxygen atoms in total. The molecule has 1 heterocycles. The van der Waals surface area contributed by atoms with Crippen LogP contribution in [0.4, 0.5) is 5.69 Å². The minimum atomic E-state index is -0.341. The summed E-state index contributed by atoms with van der Waals surface area (Å²) in [4.78, 5) is 12.1. The number of amides is 1. The molecular weight excluding hydrogens is 228 g/mol. The lowest BCUT2D eigenvalue weighted by molar-refractivity contribution is -0.117. The average molecular weight is 244 g/mol. The van der Waals surface area contributed by atoms with Crippen LogP contribution in [0.2, 0.25) is 0 Å². The molecule has 0 radical (unpaired) electrons. The first kappa shape index (κ1) is 12.3. The second-order valence-corrected chi connectivity index (χ2v) is 4.09. The first-order valence-electron chi connectivity index (χ1n) is 5.75. The fourth-order valence-electron chi connectivity index (χ4n) is 1.79. The van der Waals surface area contributed by atoms with Crippen molar-refractivity contribution in [2.24, 2.45) is 12.8 Å². The summed E-state index contributed by atoms with van der Waals surface area (Å²) in [7, 11) is 1.80. The summed E-state index contributed by atoms with van der Waals surface area (Å²) in [5.41, 5.74) is 7.28. The number of carbonyl (C=O) groups is 1. The van der Waals surface area contributed by atoms with E-state index < -0.39 is 0 Å². The fourth-order valence-corrected chi connectivity index (χ4v) is 1.79. The smallest absolute Gasteiger partial charge is 0.233 e. The molecule has 1 atom stereocenters. The first-order chi connectivity index (χ1) is 8.70.